The largest absolute Gasteiger partial charge is 0.493 e. The molecule has 0 fully saturated rings. The van der Waals surface area contributed by atoms with Gasteiger partial charge >= 0.3 is 0 Å². The van der Waals surface area contributed by atoms with Crippen LogP contribution in [0.2, 0.25) is 0 Å². The molecule has 1 aliphatic heterocycles. The minimum absolute atomic E-state index is 0.187. The molecule has 1 aliphatic rings. The molecule has 3 heterocycles. The van der Waals surface area contributed by atoms with Gasteiger partial charge in [-0.3, -0.25) is 9.69 Å². The summed E-state index contributed by atoms with van der Waals surface area (Å²) in [6.07, 6.45) is 9.01. The predicted molar refractivity (Wildman–Crippen MR) is 139 cm³/mol. The SMILES string of the molecule is CN1C/C=C/CCOc2cc(F)cc(c2)-c2ccnc(n2)Nc2ccc(OCC(=O)n3cncn3)c(c2)C1. The molecule has 4 aromatic rings. The number of fused-ring (bicyclic) bond motifs is 7. The summed E-state index contributed by atoms with van der Waals surface area (Å²) in [5.74, 6) is 0.639. The second-order valence-electron chi connectivity index (χ2n) is 8.72. The number of ether oxygens (including phenoxy) is 2. The second kappa shape index (κ2) is 11.6. The standard InChI is InChI=1S/C27H26FN7O3/c1-34-9-3-2-4-10-37-23-13-19(11-21(28)14-23)24-7-8-30-27(33-24)32-22-5-6-25(20(12-22)15-34)38-16-26(36)35-18-29-17-31-35/h2-3,5-8,11-14,17-18H,4,9-10,15-16H2,1H3,(H,30,32,33)/b3-2+. The lowest BCUT2D eigenvalue weighted by molar-refractivity contribution is 0.0819. The Hall–Kier alpha value is -4.64. The Morgan fingerprint density at radius 3 is 2.97 bits per heavy atom. The Labute approximate surface area is 218 Å². The minimum atomic E-state index is -0.403. The Bertz CT molecular complexity index is 1440. The van der Waals surface area contributed by atoms with E-state index >= 15 is 0 Å². The van der Waals surface area contributed by atoms with Gasteiger partial charge in [0.05, 0.1) is 12.3 Å². The van der Waals surface area contributed by atoms with Crippen LogP contribution in [0, 0.1) is 5.82 Å². The summed E-state index contributed by atoms with van der Waals surface area (Å²) in [7, 11) is 1.99. The van der Waals surface area contributed by atoms with Crippen LogP contribution >= 0.6 is 0 Å². The fourth-order valence-corrected chi connectivity index (χ4v) is 3.94. The van der Waals surface area contributed by atoms with Gasteiger partial charge in [-0.25, -0.2) is 19.3 Å². The first-order valence-corrected chi connectivity index (χ1v) is 12.0. The van der Waals surface area contributed by atoms with Gasteiger partial charge < -0.3 is 14.8 Å². The number of anilines is 2. The number of nitrogens with zero attached hydrogens (tertiary/aromatic N) is 6. The third kappa shape index (κ3) is 6.37. The van der Waals surface area contributed by atoms with Crippen LogP contribution in [0.5, 0.6) is 11.5 Å². The van der Waals surface area contributed by atoms with E-state index in [9.17, 15) is 9.18 Å². The van der Waals surface area contributed by atoms with Gasteiger partial charge in [0.25, 0.3) is 5.91 Å². The van der Waals surface area contributed by atoms with Gasteiger partial charge in [-0.15, -0.1) is 0 Å². The van der Waals surface area contributed by atoms with E-state index in [4.69, 9.17) is 9.47 Å². The summed E-state index contributed by atoms with van der Waals surface area (Å²) in [5, 5.41) is 7.07. The van der Waals surface area contributed by atoms with Gasteiger partial charge in [0.15, 0.2) is 6.61 Å². The number of hydrogen-bond acceptors (Lipinski definition) is 9. The van der Waals surface area contributed by atoms with E-state index in [1.165, 1.54) is 24.8 Å². The zero-order valence-corrected chi connectivity index (χ0v) is 20.7. The number of carbonyl (C=O) groups is 1. The molecule has 10 nitrogen and oxygen atoms in total. The molecule has 0 saturated heterocycles. The lowest BCUT2D eigenvalue weighted by atomic mass is 10.1. The summed E-state index contributed by atoms with van der Waals surface area (Å²) in [6.45, 7) is 1.48. The van der Waals surface area contributed by atoms with Crippen LogP contribution in [0.3, 0.4) is 0 Å². The molecule has 0 unspecified atom stereocenters. The van der Waals surface area contributed by atoms with Crippen molar-refractivity contribution in [2.75, 3.05) is 32.1 Å². The number of halogens is 1. The first-order valence-electron chi connectivity index (χ1n) is 12.0. The first kappa shape index (κ1) is 25.0. The van der Waals surface area contributed by atoms with Crippen molar-refractivity contribution in [2.45, 2.75) is 13.0 Å². The molecule has 6 bridgehead atoms. The smallest absolute Gasteiger partial charge is 0.286 e. The van der Waals surface area contributed by atoms with Crippen molar-refractivity contribution >= 4 is 17.5 Å². The van der Waals surface area contributed by atoms with Crippen LogP contribution in [-0.2, 0) is 6.54 Å². The van der Waals surface area contributed by atoms with Gasteiger partial charge in [0.2, 0.25) is 5.95 Å². The highest BCUT2D eigenvalue weighted by molar-refractivity contribution is 5.79. The van der Waals surface area contributed by atoms with Crippen molar-refractivity contribution in [3.05, 3.63) is 84.8 Å². The van der Waals surface area contributed by atoms with Crippen molar-refractivity contribution in [3.8, 4) is 22.8 Å². The molecule has 0 spiro atoms. The third-order valence-electron chi connectivity index (χ3n) is 5.74. The quantitative estimate of drug-likeness (QED) is 0.403. The first-order chi connectivity index (χ1) is 18.5. The molecule has 0 radical (unpaired) electrons. The Kier molecular flexibility index (Phi) is 7.65. The van der Waals surface area contributed by atoms with E-state index in [2.05, 4.69) is 36.3 Å². The van der Waals surface area contributed by atoms with E-state index < -0.39 is 5.82 Å². The van der Waals surface area contributed by atoms with E-state index in [-0.39, 0.29) is 12.5 Å². The topological polar surface area (TPSA) is 107 Å². The van der Waals surface area contributed by atoms with Crippen LogP contribution in [0.4, 0.5) is 16.0 Å². The summed E-state index contributed by atoms with van der Waals surface area (Å²) < 4.78 is 27.1. The highest BCUT2D eigenvalue weighted by Crippen LogP contribution is 2.28. The van der Waals surface area contributed by atoms with Crippen molar-refractivity contribution in [1.29, 1.82) is 0 Å². The van der Waals surface area contributed by atoms with Crippen LogP contribution in [-0.4, -0.2) is 62.3 Å². The maximum Gasteiger partial charge on any atom is 0.286 e. The number of carbonyl (C=O) groups excluding carboxylic acids is 1. The van der Waals surface area contributed by atoms with Crippen LogP contribution in [0.1, 0.15) is 16.8 Å². The monoisotopic (exact) mass is 515 g/mol. The second-order valence-corrected chi connectivity index (χ2v) is 8.72. The lowest BCUT2D eigenvalue weighted by Crippen LogP contribution is -2.21. The molecule has 0 aliphatic carbocycles. The highest BCUT2D eigenvalue weighted by Gasteiger charge is 2.13. The van der Waals surface area contributed by atoms with Crippen LogP contribution in [0.15, 0.2) is 73.5 Å². The summed E-state index contributed by atoms with van der Waals surface area (Å²) in [4.78, 5) is 27.2. The molecule has 1 N–H and O–H groups in total. The van der Waals surface area contributed by atoms with Crippen molar-refractivity contribution in [1.82, 2.24) is 29.6 Å². The number of nitrogens with one attached hydrogen (secondary N) is 1. The molecule has 2 aromatic carbocycles. The maximum absolute atomic E-state index is 14.3. The average molecular weight is 516 g/mol. The van der Waals surface area contributed by atoms with Crippen molar-refractivity contribution in [3.63, 3.8) is 0 Å². The predicted octanol–water partition coefficient (Wildman–Crippen LogP) is 4.11. The molecule has 2 aromatic heterocycles. The number of benzene rings is 2. The molecule has 0 amide bonds. The van der Waals surface area contributed by atoms with Gasteiger partial charge in [0, 0.05) is 42.2 Å². The average Bonchev–Trinajstić information content (AvgIpc) is 3.45. The molecule has 38 heavy (non-hydrogen) atoms. The highest BCUT2D eigenvalue weighted by atomic mass is 19.1. The van der Waals surface area contributed by atoms with Gasteiger partial charge in [-0.05, 0) is 49.9 Å². The molecular weight excluding hydrogens is 489 g/mol. The van der Waals surface area contributed by atoms with E-state index in [1.54, 1.807) is 24.4 Å². The van der Waals surface area contributed by atoms with Crippen LogP contribution in [0.25, 0.3) is 11.3 Å². The van der Waals surface area contributed by atoms with Gasteiger partial charge in [-0.1, -0.05) is 12.2 Å². The molecule has 11 heteroatoms. The van der Waals surface area contributed by atoms with Gasteiger partial charge in [-0.2, -0.15) is 9.78 Å². The lowest BCUT2D eigenvalue weighted by Gasteiger charge is -2.19. The summed E-state index contributed by atoms with van der Waals surface area (Å²) in [6, 6.07) is 11.8. The minimum Gasteiger partial charge on any atom is -0.493 e. The number of aromatic nitrogens is 5. The zero-order chi connectivity index (χ0) is 26.3. The van der Waals surface area contributed by atoms with Gasteiger partial charge in [0.1, 0.15) is 30.0 Å². The summed E-state index contributed by atoms with van der Waals surface area (Å²) >= 11 is 0. The fraction of sp³-hybridized carbons (Fsp3) is 0.222. The van der Waals surface area contributed by atoms with E-state index in [1.807, 2.05) is 25.3 Å². The Morgan fingerprint density at radius 2 is 2.11 bits per heavy atom. The molecule has 0 atom stereocenters. The van der Waals surface area contributed by atoms with E-state index in [0.717, 1.165) is 15.9 Å². The maximum atomic E-state index is 14.3. The molecule has 0 saturated carbocycles. The number of hydrogen-bond donors (Lipinski definition) is 1. The zero-order valence-electron chi connectivity index (χ0n) is 20.7. The molecular formula is C27H26FN7O3. The fourth-order valence-electron chi connectivity index (χ4n) is 3.94. The molecule has 194 valence electrons. The van der Waals surface area contributed by atoms with Crippen molar-refractivity contribution < 1.29 is 18.7 Å². The number of rotatable bonds is 3. The van der Waals surface area contributed by atoms with Crippen LogP contribution < -0.4 is 14.8 Å². The van der Waals surface area contributed by atoms with E-state index in [0.29, 0.717) is 54.8 Å². The normalized spacial score (nSPS) is 14.9. The van der Waals surface area contributed by atoms with Crippen molar-refractivity contribution in [2.24, 2.45) is 0 Å². The summed E-state index contributed by atoms with van der Waals surface area (Å²) in [5.41, 5.74) is 2.75. The Balaban J connectivity index is 1.44. The number of likely N-dealkylation sites (N-methyl/N-ethyl adjacent to an activating group) is 1. The Morgan fingerprint density at radius 1 is 1.18 bits per heavy atom. The third-order valence-corrected chi connectivity index (χ3v) is 5.74. The molecule has 5 rings (SSSR count).